The number of nitriles is 1. The molecule has 1 aliphatic heterocycles. The van der Waals surface area contributed by atoms with Gasteiger partial charge in [-0.2, -0.15) is 5.26 Å². The number of hydrogen-bond acceptors (Lipinski definition) is 5. The van der Waals surface area contributed by atoms with Crippen LogP contribution in [0.3, 0.4) is 0 Å². The number of nitrogens with zero attached hydrogens (tertiary/aromatic N) is 3. The predicted octanol–water partition coefficient (Wildman–Crippen LogP) is 2.00. The van der Waals surface area contributed by atoms with E-state index in [1.807, 2.05) is 0 Å². The van der Waals surface area contributed by atoms with Gasteiger partial charge in [0.15, 0.2) is 0 Å². The van der Waals surface area contributed by atoms with Crippen LogP contribution in [-0.4, -0.2) is 38.0 Å². The lowest BCUT2D eigenvalue weighted by Crippen LogP contribution is -2.21. The van der Waals surface area contributed by atoms with Gasteiger partial charge in [-0.3, -0.25) is 4.79 Å². The monoisotopic (exact) mass is 292 g/mol. The molecule has 0 aromatic carbocycles. The van der Waals surface area contributed by atoms with Gasteiger partial charge in [-0.05, 0) is 11.8 Å². The quantitative estimate of drug-likeness (QED) is 0.904. The van der Waals surface area contributed by atoms with Gasteiger partial charge < -0.3 is 15.5 Å². The molecule has 2 heterocycles. The van der Waals surface area contributed by atoms with E-state index in [9.17, 15) is 10.1 Å². The number of thiophene rings is 1. The lowest BCUT2D eigenvalue weighted by molar-refractivity contribution is 0.0833. The van der Waals surface area contributed by atoms with Gasteiger partial charge in [-0.25, -0.2) is 0 Å². The zero-order valence-corrected chi connectivity index (χ0v) is 13.1. The van der Waals surface area contributed by atoms with Crippen molar-refractivity contribution in [3.05, 3.63) is 10.4 Å². The SMILES string of the molecule is CC1CN(c2sc(C(=O)N(C)C)c(N)c2C#N)CC1C. The summed E-state index contributed by atoms with van der Waals surface area (Å²) in [6.07, 6.45) is 0. The molecule has 0 aliphatic carbocycles. The van der Waals surface area contributed by atoms with E-state index in [1.54, 1.807) is 14.1 Å². The maximum atomic E-state index is 12.1. The maximum absolute atomic E-state index is 12.1. The molecule has 1 saturated heterocycles. The minimum atomic E-state index is -0.143. The van der Waals surface area contributed by atoms with E-state index in [0.29, 0.717) is 28.0 Å². The lowest BCUT2D eigenvalue weighted by atomic mass is 10.0. The topological polar surface area (TPSA) is 73.4 Å². The molecular weight excluding hydrogens is 272 g/mol. The number of amides is 1. The fourth-order valence-corrected chi connectivity index (χ4v) is 3.63. The van der Waals surface area contributed by atoms with Gasteiger partial charge in [-0.1, -0.05) is 13.8 Å². The molecular formula is C14H20N4OS. The van der Waals surface area contributed by atoms with Gasteiger partial charge in [0.1, 0.15) is 21.5 Å². The van der Waals surface area contributed by atoms with Gasteiger partial charge in [0, 0.05) is 27.2 Å². The van der Waals surface area contributed by atoms with E-state index < -0.39 is 0 Å². The summed E-state index contributed by atoms with van der Waals surface area (Å²) < 4.78 is 0. The Morgan fingerprint density at radius 1 is 1.40 bits per heavy atom. The van der Waals surface area contributed by atoms with Gasteiger partial charge in [0.2, 0.25) is 0 Å². The van der Waals surface area contributed by atoms with Crippen molar-refractivity contribution in [3.63, 3.8) is 0 Å². The highest BCUT2D eigenvalue weighted by molar-refractivity contribution is 7.19. The number of nitrogen functional groups attached to an aromatic ring is 1. The normalized spacial score (nSPS) is 21.9. The van der Waals surface area contributed by atoms with E-state index in [2.05, 4.69) is 24.8 Å². The maximum Gasteiger partial charge on any atom is 0.265 e. The second-order valence-corrected chi connectivity index (χ2v) is 6.70. The summed E-state index contributed by atoms with van der Waals surface area (Å²) in [5.41, 5.74) is 6.77. The first-order valence-electron chi connectivity index (χ1n) is 6.65. The van der Waals surface area contributed by atoms with Gasteiger partial charge in [0.05, 0.1) is 5.69 Å². The second-order valence-electron chi connectivity index (χ2n) is 5.70. The third-order valence-electron chi connectivity index (χ3n) is 3.91. The van der Waals surface area contributed by atoms with Crippen molar-refractivity contribution in [1.29, 1.82) is 5.26 Å². The fraction of sp³-hybridized carbons (Fsp3) is 0.571. The second kappa shape index (κ2) is 5.33. The van der Waals surface area contributed by atoms with Crippen LogP contribution < -0.4 is 10.6 Å². The molecule has 20 heavy (non-hydrogen) atoms. The van der Waals surface area contributed by atoms with Crippen LogP contribution in [0.1, 0.15) is 29.1 Å². The molecule has 0 saturated carbocycles. The molecule has 2 N–H and O–H groups in total. The van der Waals surface area contributed by atoms with Gasteiger partial charge in [-0.15, -0.1) is 11.3 Å². The van der Waals surface area contributed by atoms with Crippen molar-refractivity contribution in [2.24, 2.45) is 11.8 Å². The third kappa shape index (κ3) is 2.34. The van der Waals surface area contributed by atoms with Crippen LogP contribution in [0.15, 0.2) is 0 Å². The first-order chi connectivity index (χ1) is 9.36. The van der Waals surface area contributed by atoms with Crippen LogP contribution in [-0.2, 0) is 0 Å². The Kier molecular flexibility index (Phi) is 3.91. The van der Waals surface area contributed by atoms with Crippen molar-refractivity contribution >= 4 is 27.9 Å². The van der Waals surface area contributed by atoms with Gasteiger partial charge >= 0.3 is 0 Å². The average Bonchev–Trinajstić information content (AvgIpc) is 2.89. The number of hydrogen-bond donors (Lipinski definition) is 1. The largest absolute Gasteiger partial charge is 0.396 e. The van der Waals surface area contributed by atoms with Crippen molar-refractivity contribution < 1.29 is 4.79 Å². The molecule has 1 aliphatic rings. The highest BCUT2D eigenvalue weighted by Crippen LogP contribution is 2.41. The fourth-order valence-electron chi connectivity index (χ4n) is 2.42. The Hall–Kier alpha value is -1.74. The Labute approximate surface area is 123 Å². The van der Waals surface area contributed by atoms with E-state index in [1.165, 1.54) is 16.2 Å². The van der Waals surface area contributed by atoms with E-state index in [-0.39, 0.29) is 5.91 Å². The first kappa shape index (κ1) is 14.7. The summed E-state index contributed by atoms with van der Waals surface area (Å²) in [5.74, 6) is 1.02. The zero-order chi connectivity index (χ0) is 15.0. The molecule has 108 valence electrons. The summed E-state index contributed by atoms with van der Waals surface area (Å²) in [6, 6.07) is 2.16. The lowest BCUT2D eigenvalue weighted by Gasteiger charge is -2.16. The Morgan fingerprint density at radius 2 is 1.95 bits per heavy atom. The molecule has 1 aromatic heterocycles. The Morgan fingerprint density at radius 3 is 2.40 bits per heavy atom. The molecule has 0 spiro atoms. The van der Waals surface area contributed by atoms with Crippen LogP contribution in [0.5, 0.6) is 0 Å². The van der Waals surface area contributed by atoms with Gasteiger partial charge in [0.25, 0.3) is 5.91 Å². The molecule has 1 amide bonds. The third-order valence-corrected chi connectivity index (χ3v) is 5.17. The Bertz CT molecular complexity index is 562. The highest BCUT2D eigenvalue weighted by Gasteiger charge is 2.31. The molecule has 1 fully saturated rings. The molecule has 5 nitrogen and oxygen atoms in total. The molecule has 6 heteroatoms. The summed E-state index contributed by atoms with van der Waals surface area (Å²) >= 11 is 1.34. The smallest absolute Gasteiger partial charge is 0.265 e. The van der Waals surface area contributed by atoms with E-state index in [4.69, 9.17) is 5.73 Å². The molecule has 2 atom stereocenters. The number of carbonyl (C=O) groups excluding carboxylic acids is 1. The van der Waals surface area contributed by atoms with Crippen LogP contribution in [0, 0.1) is 23.2 Å². The molecule has 1 aromatic rings. The van der Waals surface area contributed by atoms with Crippen LogP contribution in [0.25, 0.3) is 0 Å². The van der Waals surface area contributed by atoms with Crippen molar-refractivity contribution in [2.45, 2.75) is 13.8 Å². The van der Waals surface area contributed by atoms with Crippen LogP contribution in [0.4, 0.5) is 10.7 Å². The van der Waals surface area contributed by atoms with Crippen molar-refractivity contribution in [3.8, 4) is 6.07 Å². The number of rotatable bonds is 2. The molecule has 0 bridgehead atoms. The zero-order valence-electron chi connectivity index (χ0n) is 12.3. The molecule has 2 rings (SSSR count). The predicted molar refractivity (Wildman–Crippen MR) is 82.0 cm³/mol. The molecule has 0 radical (unpaired) electrons. The minimum absolute atomic E-state index is 0.143. The molecule has 2 unspecified atom stereocenters. The number of anilines is 2. The Balaban J connectivity index is 2.43. The van der Waals surface area contributed by atoms with Crippen LogP contribution in [0.2, 0.25) is 0 Å². The van der Waals surface area contributed by atoms with Crippen molar-refractivity contribution in [1.82, 2.24) is 4.90 Å². The highest BCUT2D eigenvalue weighted by atomic mass is 32.1. The first-order valence-corrected chi connectivity index (χ1v) is 7.47. The summed E-state index contributed by atoms with van der Waals surface area (Å²) in [7, 11) is 3.38. The van der Waals surface area contributed by atoms with E-state index in [0.717, 1.165) is 18.1 Å². The number of carbonyl (C=O) groups is 1. The average molecular weight is 292 g/mol. The minimum Gasteiger partial charge on any atom is -0.396 e. The van der Waals surface area contributed by atoms with Crippen molar-refractivity contribution in [2.75, 3.05) is 37.8 Å². The summed E-state index contributed by atoms with van der Waals surface area (Å²) in [4.78, 5) is 16.3. The number of nitrogens with two attached hydrogens (primary N) is 1. The summed E-state index contributed by atoms with van der Waals surface area (Å²) in [6.45, 7) is 6.23. The standard InChI is InChI=1S/C14H20N4OS/c1-8-6-18(7-9(8)2)14-10(5-15)11(16)12(20-14)13(19)17(3)4/h8-9H,6-7,16H2,1-4H3. The summed E-state index contributed by atoms with van der Waals surface area (Å²) in [5, 5.41) is 10.2. The van der Waals surface area contributed by atoms with E-state index >= 15 is 0 Å². The van der Waals surface area contributed by atoms with Crippen LogP contribution >= 0.6 is 11.3 Å².